The van der Waals surface area contributed by atoms with Gasteiger partial charge in [0.05, 0.1) is 5.02 Å². The molecule has 1 aromatic carbocycles. The standard InChI is InChI=1S/C14H20BrClN2/c1-2-18(9-10-3-4-10)14(8-17)11-5-6-12(15)13(16)7-11/h5-7,10,14H,2-4,8-9,17H2,1H3. The third-order valence-corrected chi connectivity index (χ3v) is 4.82. The Labute approximate surface area is 123 Å². The molecule has 0 aliphatic heterocycles. The number of rotatable bonds is 6. The Morgan fingerprint density at radius 3 is 2.72 bits per heavy atom. The maximum atomic E-state index is 6.17. The van der Waals surface area contributed by atoms with Crippen LogP contribution in [-0.4, -0.2) is 24.5 Å². The molecule has 2 nitrogen and oxygen atoms in total. The highest BCUT2D eigenvalue weighted by Gasteiger charge is 2.27. The molecule has 1 aliphatic carbocycles. The summed E-state index contributed by atoms with van der Waals surface area (Å²) in [5, 5.41) is 0.758. The minimum absolute atomic E-state index is 0.279. The van der Waals surface area contributed by atoms with Crippen molar-refractivity contribution in [1.29, 1.82) is 0 Å². The van der Waals surface area contributed by atoms with E-state index in [0.29, 0.717) is 6.54 Å². The van der Waals surface area contributed by atoms with Crippen molar-refractivity contribution in [3.8, 4) is 0 Å². The molecule has 1 atom stereocenters. The van der Waals surface area contributed by atoms with Crippen molar-refractivity contribution < 1.29 is 0 Å². The van der Waals surface area contributed by atoms with E-state index < -0.39 is 0 Å². The lowest BCUT2D eigenvalue weighted by Crippen LogP contribution is -2.35. The normalized spacial score (nSPS) is 17.2. The van der Waals surface area contributed by atoms with Crippen LogP contribution in [0.3, 0.4) is 0 Å². The summed E-state index contributed by atoms with van der Waals surface area (Å²) >= 11 is 9.60. The van der Waals surface area contributed by atoms with Crippen LogP contribution in [0.15, 0.2) is 22.7 Å². The minimum atomic E-state index is 0.279. The Morgan fingerprint density at radius 2 is 2.22 bits per heavy atom. The average molecular weight is 332 g/mol. The molecule has 1 aromatic rings. The average Bonchev–Trinajstić information content (AvgIpc) is 3.17. The smallest absolute Gasteiger partial charge is 0.0551 e. The maximum absolute atomic E-state index is 6.17. The van der Waals surface area contributed by atoms with Crippen molar-refractivity contribution in [2.45, 2.75) is 25.8 Å². The van der Waals surface area contributed by atoms with Crippen LogP contribution in [0.5, 0.6) is 0 Å². The zero-order valence-electron chi connectivity index (χ0n) is 10.7. The largest absolute Gasteiger partial charge is 0.329 e. The summed E-state index contributed by atoms with van der Waals surface area (Å²) in [7, 11) is 0. The zero-order valence-corrected chi connectivity index (χ0v) is 13.0. The van der Waals surface area contributed by atoms with Gasteiger partial charge in [-0.1, -0.05) is 24.6 Å². The quantitative estimate of drug-likeness (QED) is 0.858. The molecule has 4 heteroatoms. The fraction of sp³-hybridized carbons (Fsp3) is 0.571. The Morgan fingerprint density at radius 1 is 1.50 bits per heavy atom. The van der Waals surface area contributed by atoms with Gasteiger partial charge in [-0.2, -0.15) is 0 Å². The zero-order chi connectivity index (χ0) is 13.1. The van der Waals surface area contributed by atoms with Crippen LogP contribution in [0.25, 0.3) is 0 Å². The van der Waals surface area contributed by atoms with Crippen molar-refractivity contribution in [3.05, 3.63) is 33.3 Å². The number of likely N-dealkylation sites (N-methyl/N-ethyl adjacent to an activating group) is 1. The summed E-state index contributed by atoms with van der Waals surface area (Å²) in [6.45, 7) is 5.03. The fourth-order valence-electron chi connectivity index (χ4n) is 2.32. The molecule has 100 valence electrons. The van der Waals surface area contributed by atoms with Gasteiger partial charge in [0.15, 0.2) is 0 Å². The van der Waals surface area contributed by atoms with Crippen LogP contribution in [0, 0.1) is 5.92 Å². The second-order valence-corrected chi connectivity index (χ2v) is 6.22. The monoisotopic (exact) mass is 330 g/mol. The molecule has 0 heterocycles. The van der Waals surface area contributed by atoms with Crippen LogP contribution in [0.1, 0.15) is 31.4 Å². The Balaban J connectivity index is 2.16. The second-order valence-electron chi connectivity index (χ2n) is 4.96. The van der Waals surface area contributed by atoms with Crippen molar-refractivity contribution in [3.63, 3.8) is 0 Å². The number of benzene rings is 1. The fourth-order valence-corrected chi connectivity index (χ4v) is 2.76. The first kappa shape index (κ1) is 14.3. The Hall–Kier alpha value is -0.0900. The van der Waals surface area contributed by atoms with E-state index in [4.69, 9.17) is 17.3 Å². The topological polar surface area (TPSA) is 29.3 Å². The molecule has 2 rings (SSSR count). The van der Waals surface area contributed by atoms with E-state index in [-0.39, 0.29) is 6.04 Å². The Kier molecular flexibility index (Phi) is 5.07. The molecule has 0 saturated heterocycles. The van der Waals surface area contributed by atoms with Gasteiger partial charge in [-0.25, -0.2) is 0 Å². The van der Waals surface area contributed by atoms with Crippen LogP contribution in [0.4, 0.5) is 0 Å². The molecule has 1 aliphatic rings. The molecular formula is C14H20BrClN2. The molecule has 1 unspecified atom stereocenters. The molecule has 1 saturated carbocycles. The van der Waals surface area contributed by atoms with Crippen LogP contribution in [0.2, 0.25) is 5.02 Å². The summed E-state index contributed by atoms with van der Waals surface area (Å²) in [5.41, 5.74) is 7.18. The van der Waals surface area contributed by atoms with Crippen molar-refractivity contribution in [2.75, 3.05) is 19.6 Å². The molecule has 18 heavy (non-hydrogen) atoms. The SMILES string of the molecule is CCN(CC1CC1)C(CN)c1ccc(Br)c(Cl)c1. The first-order valence-electron chi connectivity index (χ1n) is 6.54. The molecule has 0 spiro atoms. The van der Waals surface area contributed by atoms with Crippen molar-refractivity contribution in [1.82, 2.24) is 4.90 Å². The van der Waals surface area contributed by atoms with E-state index in [9.17, 15) is 0 Å². The van der Waals surface area contributed by atoms with Crippen LogP contribution >= 0.6 is 27.5 Å². The number of hydrogen-bond acceptors (Lipinski definition) is 2. The van der Waals surface area contributed by atoms with Gasteiger partial charge in [-0.15, -0.1) is 0 Å². The summed E-state index contributed by atoms with van der Waals surface area (Å²) in [5.74, 6) is 0.880. The van der Waals surface area contributed by atoms with Gasteiger partial charge in [0.1, 0.15) is 0 Å². The number of nitrogens with zero attached hydrogens (tertiary/aromatic N) is 1. The first-order chi connectivity index (χ1) is 8.65. The molecule has 0 bridgehead atoms. The molecule has 0 aromatic heterocycles. The van der Waals surface area contributed by atoms with E-state index in [1.54, 1.807) is 0 Å². The maximum Gasteiger partial charge on any atom is 0.0551 e. The summed E-state index contributed by atoms with van der Waals surface area (Å²) < 4.78 is 0.939. The highest BCUT2D eigenvalue weighted by atomic mass is 79.9. The second kappa shape index (κ2) is 6.38. The highest BCUT2D eigenvalue weighted by Crippen LogP contribution is 2.33. The molecular weight excluding hydrogens is 312 g/mol. The minimum Gasteiger partial charge on any atom is -0.329 e. The molecule has 2 N–H and O–H groups in total. The van der Waals surface area contributed by atoms with Crippen molar-refractivity contribution >= 4 is 27.5 Å². The van der Waals surface area contributed by atoms with Crippen LogP contribution < -0.4 is 5.73 Å². The van der Waals surface area contributed by atoms with Gasteiger partial charge in [0, 0.05) is 23.6 Å². The third-order valence-electron chi connectivity index (χ3n) is 3.59. The van der Waals surface area contributed by atoms with Gasteiger partial charge in [0.2, 0.25) is 0 Å². The van der Waals surface area contributed by atoms with Crippen LogP contribution in [-0.2, 0) is 0 Å². The van der Waals surface area contributed by atoms with Gasteiger partial charge in [-0.05, 0) is 58.9 Å². The first-order valence-corrected chi connectivity index (χ1v) is 7.71. The number of halogens is 2. The lowest BCUT2D eigenvalue weighted by molar-refractivity contribution is 0.203. The van der Waals surface area contributed by atoms with Gasteiger partial charge in [0.25, 0.3) is 0 Å². The molecule has 1 fully saturated rings. The lowest BCUT2D eigenvalue weighted by atomic mass is 10.0. The summed E-state index contributed by atoms with van der Waals surface area (Å²) in [6, 6.07) is 6.42. The van der Waals surface area contributed by atoms with E-state index >= 15 is 0 Å². The summed E-state index contributed by atoms with van der Waals surface area (Å²) in [6.07, 6.45) is 2.74. The molecule has 0 radical (unpaired) electrons. The molecule has 0 amide bonds. The van der Waals surface area contributed by atoms with Gasteiger partial charge >= 0.3 is 0 Å². The van der Waals surface area contributed by atoms with Gasteiger partial charge in [-0.3, -0.25) is 4.90 Å². The lowest BCUT2D eigenvalue weighted by Gasteiger charge is -2.30. The van der Waals surface area contributed by atoms with E-state index in [0.717, 1.165) is 28.5 Å². The highest BCUT2D eigenvalue weighted by molar-refractivity contribution is 9.10. The third kappa shape index (κ3) is 3.47. The number of hydrogen-bond donors (Lipinski definition) is 1. The van der Waals surface area contributed by atoms with Crippen molar-refractivity contribution in [2.24, 2.45) is 11.7 Å². The number of nitrogens with two attached hydrogens (primary N) is 1. The van der Waals surface area contributed by atoms with E-state index in [2.05, 4.69) is 33.8 Å². The van der Waals surface area contributed by atoms with Gasteiger partial charge < -0.3 is 5.73 Å². The Bertz CT molecular complexity index is 407. The van der Waals surface area contributed by atoms with E-state index in [1.807, 2.05) is 12.1 Å². The predicted octanol–water partition coefficient (Wildman–Crippen LogP) is 3.83. The van der Waals surface area contributed by atoms with E-state index in [1.165, 1.54) is 18.4 Å². The summed E-state index contributed by atoms with van der Waals surface area (Å²) in [4.78, 5) is 2.47. The predicted molar refractivity (Wildman–Crippen MR) is 80.9 cm³/mol.